The summed E-state index contributed by atoms with van der Waals surface area (Å²) < 4.78 is 32.9. The third kappa shape index (κ3) is 3.77. The molecule has 0 radical (unpaired) electrons. The molecule has 2 unspecified atom stereocenters. The predicted molar refractivity (Wildman–Crippen MR) is 95.2 cm³/mol. The first-order valence-electron chi connectivity index (χ1n) is 9.37. The molecule has 1 saturated carbocycles. The Bertz CT molecular complexity index is 691. The van der Waals surface area contributed by atoms with Gasteiger partial charge in [0.05, 0.1) is 12.7 Å². The van der Waals surface area contributed by atoms with Crippen LogP contribution in [0.4, 0.5) is 8.78 Å². The maximum atomic E-state index is 13.4. The van der Waals surface area contributed by atoms with Gasteiger partial charge in [-0.15, -0.1) is 0 Å². The van der Waals surface area contributed by atoms with E-state index < -0.39 is 11.6 Å². The molecule has 1 saturated heterocycles. The fourth-order valence-corrected chi connectivity index (χ4v) is 4.45. The maximum absolute atomic E-state index is 13.4. The number of halogens is 2. The Morgan fingerprint density at radius 2 is 1.40 bits per heavy atom. The molecule has 25 heavy (non-hydrogen) atoms. The Labute approximate surface area is 148 Å². The van der Waals surface area contributed by atoms with Crippen molar-refractivity contribution in [2.24, 2.45) is 11.8 Å². The quantitative estimate of drug-likeness (QED) is 0.637. The summed E-state index contributed by atoms with van der Waals surface area (Å²) in [6.07, 6.45) is 7.96. The minimum Gasteiger partial charge on any atom is -0.373 e. The Balaban J connectivity index is 1.42. The maximum Gasteiger partial charge on any atom is 0.126 e. The van der Waals surface area contributed by atoms with Crippen molar-refractivity contribution in [3.63, 3.8) is 0 Å². The fourth-order valence-electron chi connectivity index (χ4n) is 4.45. The molecule has 0 aromatic heterocycles. The molecule has 0 amide bonds. The molecule has 1 heterocycles. The molecular formula is C22H24F2O. The zero-order valence-corrected chi connectivity index (χ0v) is 14.4. The zero-order chi connectivity index (χ0) is 17.2. The molecule has 3 heteroatoms. The Hall–Kier alpha value is -1.74. The molecule has 0 bridgehead atoms. The smallest absolute Gasteiger partial charge is 0.126 e. The molecule has 2 fully saturated rings. The number of hydrogen-bond donors (Lipinski definition) is 0. The van der Waals surface area contributed by atoms with E-state index in [4.69, 9.17) is 4.74 Å². The lowest BCUT2D eigenvalue weighted by atomic mass is 9.84. The minimum absolute atomic E-state index is 0.149. The molecule has 2 aromatic carbocycles. The molecule has 1 nitrogen and oxygen atoms in total. The largest absolute Gasteiger partial charge is 0.373 e. The third-order valence-electron chi connectivity index (χ3n) is 5.86. The summed E-state index contributed by atoms with van der Waals surface area (Å²) >= 11 is 0. The van der Waals surface area contributed by atoms with Crippen LogP contribution in [0.5, 0.6) is 0 Å². The van der Waals surface area contributed by atoms with E-state index in [9.17, 15) is 8.78 Å². The molecule has 132 valence electrons. The van der Waals surface area contributed by atoms with Gasteiger partial charge >= 0.3 is 0 Å². The van der Waals surface area contributed by atoms with Crippen LogP contribution in [-0.2, 0) is 4.74 Å². The molecular weight excluding hydrogens is 318 g/mol. The highest BCUT2D eigenvalue weighted by molar-refractivity contribution is 5.63. The average molecular weight is 342 g/mol. The molecule has 0 N–H and O–H groups in total. The Kier molecular flexibility index (Phi) is 4.85. The van der Waals surface area contributed by atoms with Gasteiger partial charge in [0.15, 0.2) is 0 Å². The van der Waals surface area contributed by atoms with E-state index in [1.165, 1.54) is 44.2 Å². The second-order valence-electron chi connectivity index (χ2n) is 7.48. The molecule has 2 aliphatic rings. The average Bonchev–Trinajstić information content (AvgIpc) is 3.16. The van der Waals surface area contributed by atoms with E-state index in [0.717, 1.165) is 42.1 Å². The van der Waals surface area contributed by atoms with Crippen molar-refractivity contribution in [3.05, 3.63) is 59.7 Å². The van der Waals surface area contributed by atoms with Gasteiger partial charge < -0.3 is 4.74 Å². The second kappa shape index (κ2) is 7.25. The first-order valence-corrected chi connectivity index (χ1v) is 9.37. The number of hydrogen-bond acceptors (Lipinski definition) is 1. The van der Waals surface area contributed by atoms with Crippen molar-refractivity contribution >= 4 is 0 Å². The van der Waals surface area contributed by atoms with E-state index >= 15 is 0 Å². The van der Waals surface area contributed by atoms with Crippen molar-refractivity contribution < 1.29 is 13.5 Å². The predicted octanol–water partition coefficient (Wildman–Crippen LogP) is 6.29. The molecule has 2 atom stereocenters. The summed E-state index contributed by atoms with van der Waals surface area (Å²) in [6, 6.07) is 11.5. The van der Waals surface area contributed by atoms with E-state index in [-0.39, 0.29) is 6.10 Å². The van der Waals surface area contributed by atoms with Crippen LogP contribution in [0.2, 0.25) is 0 Å². The van der Waals surface area contributed by atoms with Crippen molar-refractivity contribution in [1.82, 2.24) is 0 Å². The normalized spacial score (nSPS) is 24.6. The van der Waals surface area contributed by atoms with Crippen LogP contribution in [0.3, 0.4) is 0 Å². The lowest BCUT2D eigenvalue weighted by molar-refractivity contribution is -0.0328. The van der Waals surface area contributed by atoms with E-state index in [1.807, 2.05) is 24.3 Å². The third-order valence-corrected chi connectivity index (χ3v) is 5.86. The van der Waals surface area contributed by atoms with Gasteiger partial charge in [0.25, 0.3) is 0 Å². The van der Waals surface area contributed by atoms with Gasteiger partial charge in [-0.25, -0.2) is 8.78 Å². The summed E-state index contributed by atoms with van der Waals surface area (Å²) in [5.74, 6) is 0.500. The summed E-state index contributed by atoms with van der Waals surface area (Å²) in [6.45, 7) is 0.867. The standard InChI is InChI=1S/C22H24F2O/c23-20-11-19(12-21(24)13-20)16-5-7-17(8-6-16)22-10-9-18(14-25-22)15-3-1-2-4-15/h5-8,11-13,15,18,22H,1-4,9-10,14H2. The van der Waals surface area contributed by atoms with Crippen LogP contribution in [0.1, 0.15) is 50.2 Å². The van der Waals surface area contributed by atoms with Gasteiger partial charge in [-0.3, -0.25) is 0 Å². The van der Waals surface area contributed by atoms with Crippen LogP contribution in [-0.4, -0.2) is 6.61 Å². The van der Waals surface area contributed by atoms with Gasteiger partial charge in [0, 0.05) is 6.07 Å². The van der Waals surface area contributed by atoms with Gasteiger partial charge in [-0.05, 0) is 53.5 Å². The lowest BCUT2D eigenvalue weighted by Gasteiger charge is -2.32. The number of ether oxygens (including phenoxy) is 1. The summed E-state index contributed by atoms with van der Waals surface area (Å²) in [5, 5.41) is 0. The highest BCUT2D eigenvalue weighted by Crippen LogP contribution is 2.40. The van der Waals surface area contributed by atoms with Gasteiger partial charge in [-0.1, -0.05) is 49.9 Å². The molecule has 1 aliphatic heterocycles. The molecule has 2 aromatic rings. The SMILES string of the molecule is Fc1cc(F)cc(-c2ccc(C3CCC(C4CCCC4)CO3)cc2)c1. The van der Waals surface area contributed by atoms with Crippen molar-refractivity contribution in [3.8, 4) is 11.1 Å². The topological polar surface area (TPSA) is 9.23 Å². The van der Waals surface area contributed by atoms with Gasteiger partial charge in [0.1, 0.15) is 11.6 Å². The highest BCUT2D eigenvalue weighted by atomic mass is 19.1. The number of rotatable bonds is 3. The van der Waals surface area contributed by atoms with Crippen LogP contribution in [0, 0.1) is 23.5 Å². The van der Waals surface area contributed by atoms with E-state index in [0.29, 0.717) is 5.56 Å². The van der Waals surface area contributed by atoms with Crippen LogP contribution in [0.25, 0.3) is 11.1 Å². The fraction of sp³-hybridized carbons (Fsp3) is 0.455. The lowest BCUT2D eigenvalue weighted by Crippen LogP contribution is -2.25. The summed E-state index contributed by atoms with van der Waals surface area (Å²) in [4.78, 5) is 0. The molecule has 1 aliphatic carbocycles. The van der Waals surface area contributed by atoms with E-state index in [1.54, 1.807) is 0 Å². The first-order chi connectivity index (χ1) is 12.2. The van der Waals surface area contributed by atoms with Crippen LogP contribution < -0.4 is 0 Å². The zero-order valence-electron chi connectivity index (χ0n) is 14.4. The van der Waals surface area contributed by atoms with Crippen LogP contribution >= 0.6 is 0 Å². The first kappa shape index (κ1) is 16.7. The van der Waals surface area contributed by atoms with Gasteiger partial charge in [-0.2, -0.15) is 0 Å². The Morgan fingerprint density at radius 3 is 2.00 bits per heavy atom. The van der Waals surface area contributed by atoms with Crippen molar-refractivity contribution in [1.29, 1.82) is 0 Å². The van der Waals surface area contributed by atoms with Gasteiger partial charge in [0.2, 0.25) is 0 Å². The summed E-state index contributed by atoms with van der Waals surface area (Å²) in [5.41, 5.74) is 2.54. The van der Waals surface area contributed by atoms with Crippen molar-refractivity contribution in [2.75, 3.05) is 6.61 Å². The van der Waals surface area contributed by atoms with Crippen molar-refractivity contribution in [2.45, 2.75) is 44.6 Å². The number of benzene rings is 2. The molecule has 4 rings (SSSR count). The monoisotopic (exact) mass is 342 g/mol. The molecule has 0 spiro atoms. The highest BCUT2D eigenvalue weighted by Gasteiger charge is 2.30. The Morgan fingerprint density at radius 1 is 0.720 bits per heavy atom. The summed E-state index contributed by atoms with van der Waals surface area (Å²) in [7, 11) is 0. The van der Waals surface area contributed by atoms with Crippen LogP contribution in [0.15, 0.2) is 42.5 Å². The minimum atomic E-state index is -0.548. The van der Waals surface area contributed by atoms with E-state index in [2.05, 4.69) is 0 Å². The second-order valence-corrected chi connectivity index (χ2v) is 7.48.